The second-order valence-corrected chi connectivity index (χ2v) is 4.16. The summed E-state index contributed by atoms with van der Waals surface area (Å²) in [5.41, 5.74) is 0.236. The summed E-state index contributed by atoms with van der Waals surface area (Å²) >= 11 is 3.04. The molecule has 0 saturated heterocycles. The van der Waals surface area contributed by atoms with Crippen molar-refractivity contribution in [3.8, 4) is 0 Å². The number of hydrogen-bond donors (Lipinski definition) is 1. The smallest absolute Gasteiger partial charge is 0.255 e. The summed E-state index contributed by atoms with van der Waals surface area (Å²) in [5.74, 6) is -0.830. The lowest BCUT2D eigenvalue weighted by Gasteiger charge is -2.20. The van der Waals surface area contributed by atoms with Crippen LogP contribution in [0.1, 0.15) is 10.4 Å². The highest BCUT2D eigenvalue weighted by Crippen LogP contribution is 2.21. The second kappa shape index (κ2) is 6.51. The van der Waals surface area contributed by atoms with Crippen molar-refractivity contribution >= 4 is 21.8 Å². The van der Waals surface area contributed by atoms with Gasteiger partial charge >= 0.3 is 0 Å². The van der Waals surface area contributed by atoms with E-state index in [2.05, 4.69) is 22.5 Å². The van der Waals surface area contributed by atoms with Gasteiger partial charge in [-0.25, -0.2) is 4.39 Å². The Kier molecular flexibility index (Phi) is 5.31. The number of benzene rings is 1. The summed E-state index contributed by atoms with van der Waals surface area (Å²) in [6.45, 7) is 3.89. The van der Waals surface area contributed by atoms with E-state index in [0.717, 1.165) is 0 Å². The molecule has 0 bridgehead atoms. The van der Waals surface area contributed by atoms with Gasteiger partial charge in [-0.3, -0.25) is 4.79 Å². The molecule has 1 aromatic rings. The average Bonchev–Trinajstić information content (AvgIpc) is 2.31. The lowest BCUT2D eigenvalue weighted by Crippen LogP contribution is -2.34. The van der Waals surface area contributed by atoms with Crippen LogP contribution in [0.5, 0.6) is 0 Å². The van der Waals surface area contributed by atoms with Crippen molar-refractivity contribution in [3.63, 3.8) is 0 Å². The maximum Gasteiger partial charge on any atom is 0.255 e. The zero-order valence-corrected chi connectivity index (χ0v) is 10.8. The molecule has 0 aliphatic carbocycles. The molecule has 0 aromatic heterocycles. The van der Waals surface area contributed by atoms with Crippen LogP contribution >= 0.6 is 15.9 Å². The van der Waals surface area contributed by atoms with E-state index in [4.69, 9.17) is 5.11 Å². The molecule has 3 nitrogen and oxygen atoms in total. The Bertz CT molecular complexity index is 423. The first-order chi connectivity index (χ1) is 8.11. The zero-order valence-electron chi connectivity index (χ0n) is 9.20. The number of hydrogen-bond acceptors (Lipinski definition) is 2. The minimum absolute atomic E-state index is 0.136. The van der Waals surface area contributed by atoms with Crippen LogP contribution in [0.3, 0.4) is 0 Å². The van der Waals surface area contributed by atoms with Crippen LogP contribution < -0.4 is 0 Å². The highest BCUT2D eigenvalue weighted by Gasteiger charge is 2.18. The van der Waals surface area contributed by atoms with Gasteiger partial charge in [0.1, 0.15) is 5.82 Å². The van der Waals surface area contributed by atoms with Crippen molar-refractivity contribution in [2.45, 2.75) is 0 Å². The molecule has 0 fully saturated rings. The SMILES string of the molecule is C=CCN(CCO)C(=O)c1cccc(F)c1Br. The van der Waals surface area contributed by atoms with Crippen LogP contribution in [0.4, 0.5) is 4.39 Å². The number of halogens is 2. The molecule has 1 rings (SSSR count). The number of aliphatic hydroxyl groups is 1. The van der Waals surface area contributed by atoms with Crippen LogP contribution in [0, 0.1) is 5.82 Å². The average molecular weight is 302 g/mol. The third-order valence-corrected chi connectivity index (χ3v) is 2.99. The standard InChI is InChI=1S/C12H13BrFNO2/c1-2-6-15(7-8-16)12(17)9-4-3-5-10(14)11(9)13/h2-5,16H,1,6-8H2. The van der Waals surface area contributed by atoms with Crippen LogP contribution in [0.25, 0.3) is 0 Å². The fraction of sp³-hybridized carbons (Fsp3) is 0.250. The zero-order chi connectivity index (χ0) is 12.8. The van der Waals surface area contributed by atoms with Crippen molar-refractivity contribution in [2.24, 2.45) is 0 Å². The summed E-state index contributed by atoms with van der Waals surface area (Å²) < 4.78 is 13.4. The van der Waals surface area contributed by atoms with E-state index >= 15 is 0 Å². The summed E-state index contributed by atoms with van der Waals surface area (Å²) in [5, 5.41) is 8.87. The van der Waals surface area contributed by atoms with E-state index in [1.54, 1.807) is 6.08 Å². The molecule has 0 aliphatic rings. The van der Waals surface area contributed by atoms with Crippen molar-refractivity contribution in [2.75, 3.05) is 19.7 Å². The van der Waals surface area contributed by atoms with Crippen molar-refractivity contribution in [1.82, 2.24) is 4.90 Å². The summed E-state index contributed by atoms with van der Waals surface area (Å²) in [6, 6.07) is 4.27. The highest BCUT2D eigenvalue weighted by molar-refractivity contribution is 9.10. The third kappa shape index (κ3) is 3.38. The van der Waals surface area contributed by atoms with Crippen LogP contribution in [0.15, 0.2) is 35.3 Å². The summed E-state index contributed by atoms with van der Waals surface area (Å²) in [7, 11) is 0. The molecule has 1 aromatic carbocycles. The number of carbonyl (C=O) groups excluding carboxylic acids is 1. The predicted molar refractivity (Wildman–Crippen MR) is 67.3 cm³/mol. The van der Waals surface area contributed by atoms with E-state index in [1.807, 2.05) is 0 Å². The molecule has 0 spiro atoms. The molecular weight excluding hydrogens is 289 g/mol. The van der Waals surface area contributed by atoms with Gasteiger partial charge in [-0.05, 0) is 28.1 Å². The molecule has 0 saturated carbocycles. The molecule has 17 heavy (non-hydrogen) atoms. The van der Waals surface area contributed by atoms with Crippen molar-refractivity contribution in [3.05, 3.63) is 46.7 Å². The number of amides is 1. The molecule has 92 valence electrons. The van der Waals surface area contributed by atoms with E-state index in [0.29, 0.717) is 6.54 Å². The van der Waals surface area contributed by atoms with E-state index in [9.17, 15) is 9.18 Å². The minimum Gasteiger partial charge on any atom is -0.395 e. The molecule has 0 radical (unpaired) electrons. The monoisotopic (exact) mass is 301 g/mol. The molecule has 1 amide bonds. The number of nitrogens with zero attached hydrogens (tertiary/aromatic N) is 1. The van der Waals surface area contributed by atoms with Gasteiger partial charge in [-0.15, -0.1) is 6.58 Å². The fourth-order valence-corrected chi connectivity index (χ4v) is 1.83. The molecule has 0 aliphatic heterocycles. The lowest BCUT2D eigenvalue weighted by atomic mass is 10.2. The van der Waals surface area contributed by atoms with Gasteiger partial charge in [0.2, 0.25) is 0 Å². The molecule has 0 atom stereocenters. The maximum absolute atomic E-state index is 13.3. The van der Waals surface area contributed by atoms with Crippen molar-refractivity contribution < 1.29 is 14.3 Å². The summed E-state index contributed by atoms with van der Waals surface area (Å²) in [6.07, 6.45) is 1.56. The van der Waals surface area contributed by atoms with Crippen LogP contribution in [0.2, 0.25) is 0 Å². The Morgan fingerprint density at radius 1 is 1.59 bits per heavy atom. The number of rotatable bonds is 5. The summed E-state index contributed by atoms with van der Waals surface area (Å²) in [4.78, 5) is 13.5. The fourth-order valence-electron chi connectivity index (χ4n) is 1.39. The van der Waals surface area contributed by atoms with Gasteiger partial charge in [-0.1, -0.05) is 12.1 Å². The molecular formula is C12H13BrFNO2. The normalized spacial score (nSPS) is 10.1. The van der Waals surface area contributed by atoms with Gasteiger partial charge in [0.15, 0.2) is 0 Å². The van der Waals surface area contributed by atoms with Gasteiger partial charge in [0, 0.05) is 13.1 Å². The van der Waals surface area contributed by atoms with Gasteiger partial charge in [0.25, 0.3) is 5.91 Å². The van der Waals surface area contributed by atoms with Crippen LogP contribution in [-0.4, -0.2) is 35.6 Å². The topological polar surface area (TPSA) is 40.5 Å². The lowest BCUT2D eigenvalue weighted by molar-refractivity contribution is 0.0741. The van der Waals surface area contributed by atoms with Gasteiger partial charge in [0.05, 0.1) is 16.6 Å². The third-order valence-electron chi connectivity index (χ3n) is 2.19. The Hall–Kier alpha value is -1.20. The number of carbonyl (C=O) groups is 1. The Morgan fingerprint density at radius 2 is 2.29 bits per heavy atom. The highest BCUT2D eigenvalue weighted by atomic mass is 79.9. The first-order valence-corrected chi connectivity index (χ1v) is 5.86. The van der Waals surface area contributed by atoms with E-state index in [1.165, 1.54) is 23.1 Å². The molecule has 5 heteroatoms. The van der Waals surface area contributed by atoms with E-state index in [-0.39, 0.29) is 29.1 Å². The predicted octanol–water partition coefficient (Wildman–Crippen LogP) is 2.21. The Labute approximate surface area is 108 Å². The quantitative estimate of drug-likeness (QED) is 0.847. The maximum atomic E-state index is 13.3. The molecule has 0 heterocycles. The van der Waals surface area contributed by atoms with Gasteiger partial charge < -0.3 is 10.0 Å². The minimum atomic E-state index is -0.488. The Balaban J connectivity index is 3.00. The number of aliphatic hydroxyl groups excluding tert-OH is 1. The second-order valence-electron chi connectivity index (χ2n) is 3.36. The van der Waals surface area contributed by atoms with Gasteiger partial charge in [-0.2, -0.15) is 0 Å². The first kappa shape index (κ1) is 13.9. The molecule has 0 unspecified atom stereocenters. The molecule has 1 N–H and O–H groups in total. The van der Waals surface area contributed by atoms with Crippen LogP contribution in [-0.2, 0) is 0 Å². The first-order valence-electron chi connectivity index (χ1n) is 5.06. The Morgan fingerprint density at radius 3 is 2.88 bits per heavy atom. The van der Waals surface area contributed by atoms with Crippen molar-refractivity contribution in [1.29, 1.82) is 0 Å². The van der Waals surface area contributed by atoms with E-state index < -0.39 is 5.82 Å². The largest absolute Gasteiger partial charge is 0.395 e.